The van der Waals surface area contributed by atoms with E-state index in [1.807, 2.05) is 6.07 Å². The molecule has 4 rings (SSSR count). The molecule has 1 unspecified atom stereocenters. The van der Waals surface area contributed by atoms with Crippen molar-refractivity contribution >= 4 is 11.6 Å². The smallest absolute Gasteiger partial charge is 0.237 e. The van der Waals surface area contributed by atoms with Crippen LogP contribution < -0.4 is 4.90 Å². The number of rotatable bonds is 3. The van der Waals surface area contributed by atoms with Gasteiger partial charge < -0.3 is 9.80 Å². The van der Waals surface area contributed by atoms with Gasteiger partial charge in [0.15, 0.2) is 0 Å². The predicted octanol–water partition coefficient (Wildman–Crippen LogP) is 3.66. The third-order valence-electron chi connectivity index (χ3n) is 6.77. The average molecular weight is 374 g/mol. The number of piperidine rings is 1. The van der Waals surface area contributed by atoms with E-state index in [1.165, 1.54) is 25.3 Å². The fourth-order valence-corrected chi connectivity index (χ4v) is 5.62. The summed E-state index contributed by atoms with van der Waals surface area (Å²) in [6, 6.07) is 6.88. The SMILES string of the molecule is CC1(C)CC2(CCCN2C(=O)CN2CCCCC2)CN1c1cccc(F)c1. The lowest BCUT2D eigenvalue weighted by Crippen LogP contribution is -2.52. The molecule has 1 spiro atoms. The predicted molar refractivity (Wildman–Crippen MR) is 106 cm³/mol. The molecular weight excluding hydrogens is 341 g/mol. The lowest BCUT2D eigenvalue weighted by Gasteiger charge is -2.37. The Morgan fingerprint density at radius 1 is 1.11 bits per heavy atom. The Bertz CT molecular complexity index is 701. The highest BCUT2D eigenvalue weighted by Crippen LogP contribution is 2.47. The zero-order chi connectivity index (χ0) is 19.1. The van der Waals surface area contributed by atoms with Gasteiger partial charge in [0.05, 0.1) is 12.1 Å². The van der Waals surface area contributed by atoms with Crippen molar-refractivity contribution in [3.8, 4) is 0 Å². The van der Waals surface area contributed by atoms with Gasteiger partial charge in [0.2, 0.25) is 5.91 Å². The van der Waals surface area contributed by atoms with Gasteiger partial charge in [-0.3, -0.25) is 9.69 Å². The molecule has 3 aliphatic heterocycles. The minimum absolute atomic E-state index is 0.0954. The van der Waals surface area contributed by atoms with Gasteiger partial charge in [-0.25, -0.2) is 4.39 Å². The van der Waals surface area contributed by atoms with Crippen molar-refractivity contribution in [3.63, 3.8) is 0 Å². The molecule has 4 nitrogen and oxygen atoms in total. The molecule has 0 aromatic heterocycles. The number of amides is 1. The molecule has 1 amide bonds. The third kappa shape index (κ3) is 3.58. The second kappa shape index (κ2) is 7.08. The van der Waals surface area contributed by atoms with Crippen molar-refractivity contribution in [1.82, 2.24) is 9.80 Å². The van der Waals surface area contributed by atoms with Crippen LogP contribution in [0.1, 0.15) is 52.4 Å². The monoisotopic (exact) mass is 373 g/mol. The molecule has 148 valence electrons. The van der Waals surface area contributed by atoms with Crippen molar-refractivity contribution in [1.29, 1.82) is 0 Å². The summed E-state index contributed by atoms with van der Waals surface area (Å²) in [5.74, 6) is 0.0833. The maximum Gasteiger partial charge on any atom is 0.237 e. The summed E-state index contributed by atoms with van der Waals surface area (Å²) in [5, 5.41) is 0. The maximum atomic E-state index is 13.8. The lowest BCUT2D eigenvalue weighted by molar-refractivity contribution is -0.136. The van der Waals surface area contributed by atoms with Crippen LogP contribution in [0, 0.1) is 5.82 Å². The van der Waals surface area contributed by atoms with Crippen LogP contribution in [0.4, 0.5) is 10.1 Å². The van der Waals surface area contributed by atoms with Crippen molar-refractivity contribution in [2.75, 3.05) is 37.6 Å². The van der Waals surface area contributed by atoms with Gasteiger partial charge in [0.25, 0.3) is 0 Å². The molecule has 27 heavy (non-hydrogen) atoms. The zero-order valence-electron chi connectivity index (χ0n) is 16.7. The second-order valence-corrected chi connectivity index (χ2v) is 9.27. The number of halogens is 1. The van der Waals surface area contributed by atoms with Crippen LogP contribution in [0.15, 0.2) is 24.3 Å². The standard InChI is InChI=1S/C22H32FN3O/c1-21(2)16-22(17-26(21)19-9-6-8-18(23)14-19)10-7-13-25(22)20(27)15-24-11-4-3-5-12-24/h6,8-9,14H,3-5,7,10-13,15-17H2,1-2H3. The van der Waals surface area contributed by atoms with E-state index >= 15 is 0 Å². The highest BCUT2D eigenvalue weighted by atomic mass is 19.1. The van der Waals surface area contributed by atoms with Crippen LogP contribution in [0.25, 0.3) is 0 Å². The summed E-state index contributed by atoms with van der Waals surface area (Å²) in [7, 11) is 0. The van der Waals surface area contributed by atoms with Gasteiger partial charge in [0.1, 0.15) is 5.82 Å². The molecule has 0 N–H and O–H groups in total. The molecule has 3 saturated heterocycles. The van der Waals surface area contributed by atoms with Gasteiger partial charge >= 0.3 is 0 Å². The summed E-state index contributed by atoms with van der Waals surface area (Å²) in [6.07, 6.45) is 6.77. The number of anilines is 1. The number of carbonyl (C=O) groups excluding carboxylic acids is 1. The van der Waals surface area contributed by atoms with Gasteiger partial charge in [-0.2, -0.15) is 0 Å². The highest BCUT2D eigenvalue weighted by Gasteiger charge is 2.54. The molecule has 0 aliphatic carbocycles. The Hall–Kier alpha value is -1.62. The van der Waals surface area contributed by atoms with E-state index in [0.29, 0.717) is 6.54 Å². The minimum Gasteiger partial charge on any atom is -0.364 e. The topological polar surface area (TPSA) is 26.8 Å². The first-order valence-electron chi connectivity index (χ1n) is 10.5. The van der Waals surface area contributed by atoms with E-state index in [2.05, 4.69) is 28.5 Å². The molecule has 0 saturated carbocycles. The minimum atomic E-state index is -0.200. The molecule has 1 aromatic carbocycles. The maximum absolute atomic E-state index is 13.8. The second-order valence-electron chi connectivity index (χ2n) is 9.27. The van der Waals surface area contributed by atoms with Gasteiger partial charge in [-0.1, -0.05) is 12.5 Å². The first kappa shape index (κ1) is 18.7. The molecule has 3 heterocycles. The molecule has 1 aromatic rings. The molecule has 0 radical (unpaired) electrons. The summed E-state index contributed by atoms with van der Waals surface area (Å²) >= 11 is 0. The van der Waals surface area contributed by atoms with Gasteiger partial charge in [0, 0.05) is 24.3 Å². The number of hydrogen-bond acceptors (Lipinski definition) is 3. The van der Waals surface area contributed by atoms with Crippen LogP contribution in [-0.4, -0.2) is 59.5 Å². The first-order chi connectivity index (χ1) is 12.9. The van der Waals surface area contributed by atoms with Crippen molar-refractivity contribution in [3.05, 3.63) is 30.1 Å². The fraction of sp³-hybridized carbons (Fsp3) is 0.682. The van der Waals surface area contributed by atoms with Gasteiger partial charge in [-0.15, -0.1) is 0 Å². The van der Waals surface area contributed by atoms with E-state index in [9.17, 15) is 9.18 Å². The number of hydrogen-bond donors (Lipinski definition) is 0. The Morgan fingerprint density at radius 3 is 2.63 bits per heavy atom. The summed E-state index contributed by atoms with van der Waals surface area (Å²) in [6.45, 7) is 8.76. The van der Waals surface area contributed by atoms with Crippen molar-refractivity contribution < 1.29 is 9.18 Å². The highest BCUT2D eigenvalue weighted by molar-refractivity contribution is 5.80. The number of benzene rings is 1. The zero-order valence-corrected chi connectivity index (χ0v) is 16.7. The van der Waals surface area contributed by atoms with Crippen LogP contribution in [0.3, 0.4) is 0 Å². The third-order valence-corrected chi connectivity index (χ3v) is 6.77. The van der Waals surface area contributed by atoms with E-state index in [-0.39, 0.29) is 22.8 Å². The van der Waals surface area contributed by atoms with E-state index in [4.69, 9.17) is 0 Å². The average Bonchev–Trinajstić information content (AvgIpc) is 3.15. The summed E-state index contributed by atoms with van der Waals surface area (Å²) in [4.78, 5) is 20.0. The quantitative estimate of drug-likeness (QED) is 0.809. The van der Waals surface area contributed by atoms with E-state index in [0.717, 1.165) is 51.1 Å². The summed E-state index contributed by atoms with van der Waals surface area (Å²) in [5.41, 5.74) is 0.719. The molecule has 1 atom stereocenters. The van der Waals surface area contributed by atoms with Crippen LogP contribution in [0.5, 0.6) is 0 Å². The molecule has 3 fully saturated rings. The number of nitrogens with zero attached hydrogens (tertiary/aromatic N) is 3. The Balaban J connectivity index is 1.53. The van der Waals surface area contributed by atoms with Gasteiger partial charge in [-0.05, 0) is 77.2 Å². The van der Waals surface area contributed by atoms with Crippen LogP contribution in [-0.2, 0) is 4.79 Å². The Morgan fingerprint density at radius 2 is 1.89 bits per heavy atom. The Kier molecular flexibility index (Phi) is 4.91. The molecule has 3 aliphatic rings. The number of carbonyl (C=O) groups is 1. The fourth-order valence-electron chi connectivity index (χ4n) is 5.62. The van der Waals surface area contributed by atoms with E-state index in [1.54, 1.807) is 12.1 Å². The summed E-state index contributed by atoms with van der Waals surface area (Å²) < 4.78 is 13.8. The van der Waals surface area contributed by atoms with E-state index < -0.39 is 0 Å². The van der Waals surface area contributed by atoms with Crippen molar-refractivity contribution in [2.45, 2.75) is 63.5 Å². The first-order valence-corrected chi connectivity index (χ1v) is 10.5. The molecular formula is C22H32FN3O. The largest absolute Gasteiger partial charge is 0.364 e. The lowest BCUT2D eigenvalue weighted by atomic mass is 9.87. The van der Waals surface area contributed by atoms with Crippen LogP contribution in [0.2, 0.25) is 0 Å². The number of likely N-dealkylation sites (tertiary alicyclic amines) is 2. The normalized spacial score (nSPS) is 28.3. The van der Waals surface area contributed by atoms with Crippen LogP contribution >= 0.6 is 0 Å². The molecule has 5 heteroatoms. The Labute approximate surface area is 162 Å². The van der Waals surface area contributed by atoms with Crippen molar-refractivity contribution in [2.24, 2.45) is 0 Å². The molecule has 0 bridgehead atoms.